The maximum Gasteiger partial charge on any atom is 0.407 e. The number of carbonyl (C=O) groups is 1. The smallest absolute Gasteiger partial charge is 0.407 e. The SMILES string of the molecule is O=C(O)N1CCC[C@@H]1CNCc1ccc(F)cc1. The van der Waals surface area contributed by atoms with Crippen molar-refractivity contribution in [2.45, 2.75) is 25.4 Å². The van der Waals surface area contributed by atoms with Crippen molar-refractivity contribution in [3.63, 3.8) is 0 Å². The molecule has 1 fully saturated rings. The Bertz CT molecular complexity index is 408. The molecule has 0 aromatic heterocycles. The maximum atomic E-state index is 12.7. The van der Waals surface area contributed by atoms with E-state index in [9.17, 15) is 9.18 Å². The Morgan fingerprint density at radius 1 is 1.44 bits per heavy atom. The van der Waals surface area contributed by atoms with E-state index in [4.69, 9.17) is 5.11 Å². The lowest BCUT2D eigenvalue weighted by Crippen LogP contribution is -2.40. The molecule has 1 aliphatic heterocycles. The minimum absolute atomic E-state index is 0.0583. The number of rotatable bonds is 4. The van der Waals surface area contributed by atoms with E-state index < -0.39 is 6.09 Å². The van der Waals surface area contributed by atoms with Gasteiger partial charge < -0.3 is 15.3 Å². The number of nitrogens with one attached hydrogen (secondary N) is 1. The van der Waals surface area contributed by atoms with Crippen LogP contribution in [0.3, 0.4) is 0 Å². The van der Waals surface area contributed by atoms with Crippen LogP contribution in [0.4, 0.5) is 9.18 Å². The zero-order valence-electron chi connectivity index (χ0n) is 10.1. The lowest BCUT2D eigenvalue weighted by molar-refractivity contribution is 0.139. The summed E-state index contributed by atoms with van der Waals surface area (Å²) in [5.41, 5.74) is 0.997. The molecule has 2 N–H and O–H groups in total. The monoisotopic (exact) mass is 252 g/mol. The van der Waals surface area contributed by atoms with E-state index in [1.54, 1.807) is 12.1 Å². The Kier molecular flexibility index (Phi) is 4.15. The van der Waals surface area contributed by atoms with E-state index in [0.717, 1.165) is 18.4 Å². The van der Waals surface area contributed by atoms with Crippen LogP contribution in [0.2, 0.25) is 0 Å². The van der Waals surface area contributed by atoms with Gasteiger partial charge >= 0.3 is 6.09 Å². The highest BCUT2D eigenvalue weighted by Gasteiger charge is 2.27. The summed E-state index contributed by atoms with van der Waals surface area (Å²) in [6.07, 6.45) is 0.985. The van der Waals surface area contributed by atoms with Crippen LogP contribution in [0.5, 0.6) is 0 Å². The molecule has 0 bridgehead atoms. The quantitative estimate of drug-likeness (QED) is 0.862. The normalized spacial score (nSPS) is 19.2. The average molecular weight is 252 g/mol. The van der Waals surface area contributed by atoms with Crippen molar-refractivity contribution in [1.82, 2.24) is 10.2 Å². The van der Waals surface area contributed by atoms with E-state index in [-0.39, 0.29) is 11.9 Å². The summed E-state index contributed by atoms with van der Waals surface area (Å²) in [4.78, 5) is 12.4. The summed E-state index contributed by atoms with van der Waals surface area (Å²) in [7, 11) is 0. The van der Waals surface area contributed by atoms with Gasteiger partial charge in [0.2, 0.25) is 0 Å². The van der Waals surface area contributed by atoms with Gasteiger partial charge in [-0.2, -0.15) is 0 Å². The summed E-state index contributed by atoms with van der Waals surface area (Å²) < 4.78 is 12.7. The topological polar surface area (TPSA) is 52.6 Å². The van der Waals surface area contributed by atoms with E-state index in [1.165, 1.54) is 17.0 Å². The third kappa shape index (κ3) is 3.20. The molecule has 1 saturated heterocycles. The van der Waals surface area contributed by atoms with E-state index in [1.807, 2.05) is 0 Å². The van der Waals surface area contributed by atoms with Gasteiger partial charge in [0, 0.05) is 25.7 Å². The number of likely N-dealkylation sites (tertiary alicyclic amines) is 1. The molecular formula is C13H17FN2O2. The number of benzene rings is 1. The molecule has 0 aliphatic carbocycles. The van der Waals surface area contributed by atoms with Crippen LogP contribution < -0.4 is 5.32 Å². The molecule has 98 valence electrons. The minimum atomic E-state index is -0.846. The molecule has 1 aliphatic rings. The first-order valence-electron chi connectivity index (χ1n) is 6.11. The number of halogens is 1. The van der Waals surface area contributed by atoms with Gasteiger partial charge in [-0.25, -0.2) is 9.18 Å². The van der Waals surface area contributed by atoms with Crippen LogP contribution in [0.15, 0.2) is 24.3 Å². The van der Waals surface area contributed by atoms with Crippen molar-refractivity contribution in [2.24, 2.45) is 0 Å². The zero-order valence-corrected chi connectivity index (χ0v) is 10.1. The van der Waals surface area contributed by atoms with Gasteiger partial charge in [-0.15, -0.1) is 0 Å². The number of nitrogens with zero attached hydrogens (tertiary/aromatic N) is 1. The van der Waals surface area contributed by atoms with E-state index in [0.29, 0.717) is 19.6 Å². The van der Waals surface area contributed by atoms with Crippen LogP contribution in [-0.2, 0) is 6.54 Å². The van der Waals surface area contributed by atoms with Gasteiger partial charge in [-0.1, -0.05) is 12.1 Å². The largest absolute Gasteiger partial charge is 0.465 e. The van der Waals surface area contributed by atoms with Crippen molar-refractivity contribution >= 4 is 6.09 Å². The molecule has 4 nitrogen and oxygen atoms in total. The molecular weight excluding hydrogens is 235 g/mol. The number of hydrogen-bond acceptors (Lipinski definition) is 2. The van der Waals surface area contributed by atoms with Gasteiger partial charge in [-0.05, 0) is 30.5 Å². The van der Waals surface area contributed by atoms with Crippen molar-refractivity contribution in [3.8, 4) is 0 Å². The summed E-state index contributed by atoms with van der Waals surface area (Å²) >= 11 is 0. The van der Waals surface area contributed by atoms with Crippen LogP contribution in [0.25, 0.3) is 0 Å². The van der Waals surface area contributed by atoms with Crippen molar-refractivity contribution in [3.05, 3.63) is 35.6 Å². The Balaban J connectivity index is 1.78. The Morgan fingerprint density at radius 3 is 2.83 bits per heavy atom. The molecule has 1 heterocycles. The van der Waals surface area contributed by atoms with Gasteiger partial charge in [-0.3, -0.25) is 0 Å². The van der Waals surface area contributed by atoms with E-state index >= 15 is 0 Å². The maximum absolute atomic E-state index is 12.7. The molecule has 0 saturated carbocycles. The van der Waals surface area contributed by atoms with Crippen LogP contribution in [0, 0.1) is 5.82 Å². The third-order valence-corrected chi connectivity index (χ3v) is 3.25. The summed E-state index contributed by atoms with van der Waals surface area (Å²) in [6.45, 7) is 1.89. The highest BCUT2D eigenvalue weighted by atomic mass is 19.1. The fourth-order valence-electron chi connectivity index (χ4n) is 2.29. The fourth-order valence-corrected chi connectivity index (χ4v) is 2.29. The lowest BCUT2D eigenvalue weighted by atomic mass is 10.2. The molecule has 1 aromatic rings. The second-order valence-corrected chi connectivity index (χ2v) is 4.53. The Labute approximate surface area is 105 Å². The van der Waals surface area contributed by atoms with Gasteiger partial charge in [0.05, 0.1) is 0 Å². The zero-order chi connectivity index (χ0) is 13.0. The molecule has 0 spiro atoms. The second kappa shape index (κ2) is 5.82. The van der Waals surface area contributed by atoms with Crippen LogP contribution >= 0.6 is 0 Å². The first-order chi connectivity index (χ1) is 8.66. The van der Waals surface area contributed by atoms with Crippen molar-refractivity contribution in [2.75, 3.05) is 13.1 Å². The molecule has 5 heteroatoms. The highest BCUT2D eigenvalue weighted by molar-refractivity contribution is 5.65. The van der Waals surface area contributed by atoms with Crippen molar-refractivity contribution < 1.29 is 14.3 Å². The molecule has 2 rings (SSSR count). The van der Waals surface area contributed by atoms with Crippen molar-refractivity contribution in [1.29, 1.82) is 0 Å². The molecule has 0 radical (unpaired) electrons. The predicted molar refractivity (Wildman–Crippen MR) is 65.9 cm³/mol. The first-order valence-corrected chi connectivity index (χ1v) is 6.11. The standard InChI is InChI=1S/C13H17FN2O2/c14-11-5-3-10(4-6-11)8-15-9-12-2-1-7-16(12)13(17)18/h3-6,12,15H,1-2,7-9H2,(H,17,18)/t12-/m1/s1. The lowest BCUT2D eigenvalue weighted by Gasteiger charge is -2.21. The predicted octanol–water partition coefficient (Wildman–Crippen LogP) is 2.06. The first kappa shape index (κ1) is 12.8. The molecule has 18 heavy (non-hydrogen) atoms. The Hall–Kier alpha value is -1.62. The van der Waals surface area contributed by atoms with Crippen LogP contribution in [-0.4, -0.2) is 35.2 Å². The average Bonchev–Trinajstić information content (AvgIpc) is 2.80. The Morgan fingerprint density at radius 2 is 2.17 bits per heavy atom. The molecule has 0 unspecified atom stereocenters. The van der Waals surface area contributed by atoms with Gasteiger partial charge in [0.15, 0.2) is 0 Å². The summed E-state index contributed by atoms with van der Waals surface area (Å²) in [5.74, 6) is -0.244. The molecule has 1 atom stereocenters. The molecule has 1 aromatic carbocycles. The van der Waals surface area contributed by atoms with Gasteiger partial charge in [0.1, 0.15) is 5.82 Å². The van der Waals surface area contributed by atoms with Crippen LogP contribution in [0.1, 0.15) is 18.4 Å². The third-order valence-electron chi connectivity index (χ3n) is 3.25. The number of amides is 1. The second-order valence-electron chi connectivity index (χ2n) is 4.53. The minimum Gasteiger partial charge on any atom is -0.465 e. The summed E-state index contributed by atoms with van der Waals surface area (Å²) in [5, 5.41) is 12.2. The fraction of sp³-hybridized carbons (Fsp3) is 0.462. The van der Waals surface area contributed by atoms with E-state index in [2.05, 4.69) is 5.32 Å². The summed E-state index contributed by atoms with van der Waals surface area (Å²) in [6, 6.07) is 6.37. The number of hydrogen-bond donors (Lipinski definition) is 2. The molecule has 1 amide bonds. The number of carboxylic acid groups (broad SMARTS) is 1. The van der Waals surface area contributed by atoms with Gasteiger partial charge in [0.25, 0.3) is 0 Å². The highest BCUT2D eigenvalue weighted by Crippen LogP contribution is 2.16.